The van der Waals surface area contributed by atoms with Gasteiger partial charge in [0.05, 0.1) is 19.0 Å². The topological polar surface area (TPSA) is 91.1 Å². The van der Waals surface area contributed by atoms with Crippen LogP contribution < -0.4 is 9.80 Å². The summed E-state index contributed by atoms with van der Waals surface area (Å²) in [5.74, 6) is 0.925. The zero-order valence-corrected chi connectivity index (χ0v) is 16.5. The molecule has 0 atom stereocenters. The second-order valence-corrected chi connectivity index (χ2v) is 8.40. The Morgan fingerprint density at radius 2 is 1.85 bits per heavy atom. The standard InChI is InChI=1S/C17H22N6O3S/c1-20(2)14-7-5-13(6-8-14)11-18-15-12-19-16(21(15)3)22-9-10-23(17(22)24)27(4,25)26/h5-8,11-12H,9-10H2,1-4H3/b18-11+. The van der Waals surface area contributed by atoms with Gasteiger partial charge in [0.1, 0.15) is 0 Å². The fraction of sp³-hybridized carbons (Fsp3) is 0.353. The fourth-order valence-electron chi connectivity index (χ4n) is 2.77. The highest BCUT2D eigenvalue weighted by molar-refractivity contribution is 7.88. The summed E-state index contributed by atoms with van der Waals surface area (Å²) < 4.78 is 25.8. The first-order valence-electron chi connectivity index (χ1n) is 8.31. The molecule has 1 saturated heterocycles. The summed E-state index contributed by atoms with van der Waals surface area (Å²) in [6, 6.07) is 7.33. The van der Waals surface area contributed by atoms with Gasteiger partial charge in [0, 0.05) is 39.6 Å². The molecule has 1 fully saturated rings. The normalized spacial score (nSPS) is 15.2. The van der Waals surface area contributed by atoms with Crippen molar-refractivity contribution in [2.75, 3.05) is 43.2 Å². The molecule has 3 rings (SSSR count). The molecular formula is C17H22N6O3S. The lowest BCUT2D eigenvalue weighted by Gasteiger charge is -2.16. The van der Waals surface area contributed by atoms with E-state index in [0.717, 1.165) is 21.8 Å². The van der Waals surface area contributed by atoms with Gasteiger partial charge in [-0.25, -0.2) is 27.5 Å². The lowest BCUT2D eigenvalue weighted by Crippen LogP contribution is -2.36. The van der Waals surface area contributed by atoms with Crippen molar-refractivity contribution in [3.63, 3.8) is 0 Å². The third kappa shape index (κ3) is 3.80. The minimum Gasteiger partial charge on any atom is -0.378 e. The van der Waals surface area contributed by atoms with Crippen LogP contribution in [0.25, 0.3) is 0 Å². The van der Waals surface area contributed by atoms with E-state index in [-0.39, 0.29) is 13.1 Å². The Balaban J connectivity index is 1.79. The number of hydrogen-bond acceptors (Lipinski definition) is 6. The molecule has 0 saturated carbocycles. The van der Waals surface area contributed by atoms with Gasteiger partial charge in [-0.3, -0.25) is 9.47 Å². The number of rotatable bonds is 5. The van der Waals surface area contributed by atoms with E-state index in [4.69, 9.17) is 0 Å². The van der Waals surface area contributed by atoms with Crippen molar-refractivity contribution < 1.29 is 13.2 Å². The van der Waals surface area contributed by atoms with Gasteiger partial charge >= 0.3 is 6.03 Å². The van der Waals surface area contributed by atoms with Crippen molar-refractivity contribution in [2.45, 2.75) is 0 Å². The lowest BCUT2D eigenvalue weighted by atomic mass is 10.2. The maximum absolute atomic E-state index is 12.4. The second-order valence-electron chi connectivity index (χ2n) is 6.49. The van der Waals surface area contributed by atoms with Crippen LogP contribution in [-0.4, -0.2) is 68.0 Å². The molecule has 2 aromatic rings. The highest BCUT2D eigenvalue weighted by atomic mass is 32.2. The summed E-state index contributed by atoms with van der Waals surface area (Å²) >= 11 is 0. The Labute approximate surface area is 158 Å². The molecule has 9 nitrogen and oxygen atoms in total. The number of urea groups is 1. The second kappa shape index (κ2) is 7.03. The molecular weight excluding hydrogens is 368 g/mol. The first-order valence-corrected chi connectivity index (χ1v) is 10.2. The van der Waals surface area contributed by atoms with Gasteiger partial charge in [0.2, 0.25) is 16.0 Å². The predicted molar refractivity (Wildman–Crippen MR) is 106 cm³/mol. The molecule has 27 heavy (non-hydrogen) atoms. The van der Waals surface area contributed by atoms with Crippen molar-refractivity contribution >= 4 is 39.7 Å². The molecule has 1 aromatic heterocycles. The number of aliphatic imine (C=N–C) groups is 1. The number of nitrogens with zero attached hydrogens (tertiary/aromatic N) is 6. The number of carbonyl (C=O) groups excluding carboxylic acids is 1. The van der Waals surface area contributed by atoms with Gasteiger partial charge in [0.25, 0.3) is 0 Å². The van der Waals surface area contributed by atoms with Crippen LogP contribution in [-0.2, 0) is 17.1 Å². The third-order valence-corrected chi connectivity index (χ3v) is 5.45. The van der Waals surface area contributed by atoms with Crippen LogP contribution in [0.3, 0.4) is 0 Å². The zero-order valence-electron chi connectivity index (χ0n) is 15.7. The maximum Gasteiger partial charge on any atom is 0.340 e. The van der Waals surface area contributed by atoms with E-state index in [1.165, 1.54) is 4.90 Å². The Bertz CT molecular complexity index is 979. The molecule has 2 amide bonds. The number of carbonyl (C=O) groups is 1. The molecule has 1 aromatic carbocycles. The van der Waals surface area contributed by atoms with E-state index in [9.17, 15) is 13.2 Å². The number of amides is 2. The summed E-state index contributed by atoms with van der Waals surface area (Å²) in [5, 5.41) is 0. The van der Waals surface area contributed by atoms with Crippen LogP contribution in [0, 0.1) is 0 Å². The van der Waals surface area contributed by atoms with Crippen molar-refractivity contribution in [1.82, 2.24) is 13.9 Å². The van der Waals surface area contributed by atoms with Gasteiger partial charge in [-0.15, -0.1) is 0 Å². The van der Waals surface area contributed by atoms with E-state index in [1.54, 1.807) is 24.0 Å². The summed E-state index contributed by atoms with van der Waals surface area (Å²) in [5.41, 5.74) is 2.03. The average molecular weight is 390 g/mol. The van der Waals surface area contributed by atoms with Crippen molar-refractivity contribution in [2.24, 2.45) is 12.0 Å². The lowest BCUT2D eigenvalue weighted by molar-refractivity contribution is 0.239. The van der Waals surface area contributed by atoms with Gasteiger partial charge in [-0.05, 0) is 17.7 Å². The molecule has 0 bridgehead atoms. The van der Waals surface area contributed by atoms with Crippen LogP contribution in [0.2, 0.25) is 0 Å². The molecule has 1 aliphatic rings. The van der Waals surface area contributed by atoms with E-state index in [1.807, 2.05) is 43.3 Å². The predicted octanol–water partition coefficient (Wildman–Crippen LogP) is 1.44. The van der Waals surface area contributed by atoms with E-state index in [0.29, 0.717) is 11.8 Å². The number of aromatic nitrogens is 2. The van der Waals surface area contributed by atoms with Gasteiger partial charge in [-0.2, -0.15) is 0 Å². The molecule has 10 heteroatoms. The SMILES string of the molecule is CN(C)c1ccc(/C=N/c2cnc(N3CCN(S(C)(=O)=O)C3=O)n2C)cc1. The van der Waals surface area contributed by atoms with Crippen LogP contribution in [0.5, 0.6) is 0 Å². The van der Waals surface area contributed by atoms with E-state index >= 15 is 0 Å². The fourth-order valence-corrected chi connectivity index (χ4v) is 3.57. The maximum atomic E-state index is 12.4. The average Bonchev–Trinajstić information content (AvgIpc) is 3.15. The van der Waals surface area contributed by atoms with Crippen molar-refractivity contribution in [3.8, 4) is 0 Å². The first-order chi connectivity index (χ1) is 12.7. The Morgan fingerprint density at radius 1 is 1.19 bits per heavy atom. The van der Waals surface area contributed by atoms with Crippen LogP contribution in [0.15, 0.2) is 35.5 Å². The molecule has 0 N–H and O–H groups in total. The molecule has 0 aliphatic carbocycles. The minimum absolute atomic E-state index is 0.112. The molecule has 1 aliphatic heterocycles. The molecule has 0 unspecified atom stereocenters. The highest BCUT2D eigenvalue weighted by Crippen LogP contribution is 2.24. The number of sulfonamides is 1. The quantitative estimate of drug-likeness (QED) is 0.721. The number of benzene rings is 1. The third-order valence-electron chi connectivity index (χ3n) is 4.31. The van der Waals surface area contributed by atoms with Crippen molar-refractivity contribution in [1.29, 1.82) is 0 Å². The molecule has 2 heterocycles. The van der Waals surface area contributed by atoms with Crippen LogP contribution in [0.1, 0.15) is 5.56 Å². The summed E-state index contributed by atoms with van der Waals surface area (Å²) in [4.78, 5) is 24.4. The van der Waals surface area contributed by atoms with Crippen molar-refractivity contribution in [3.05, 3.63) is 36.0 Å². The largest absolute Gasteiger partial charge is 0.378 e. The Kier molecular flexibility index (Phi) is 4.92. The van der Waals surface area contributed by atoms with Crippen LogP contribution in [0.4, 0.5) is 22.2 Å². The smallest absolute Gasteiger partial charge is 0.340 e. The zero-order chi connectivity index (χ0) is 19.8. The molecule has 0 spiro atoms. The van der Waals surface area contributed by atoms with E-state index < -0.39 is 16.1 Å². The van der Waals surface area contributed by atoms with Crippen LogP contribution >= 0.6 is 0 Å². The number of imidazole rings is 1. The Hall–Kier alpha value is -2.88. The number of anilines is 2. The monoisotopic (exact) mass is 390 g/mol. The number of hydrogen-bond donors (Lipinski definition) is 0. The Morgan fingerprint density at radius 3 is 2.41 bits per heavy atom. The first kappa shape index (κ1) is 18.9. The summed E-state index contributed by atoms with van der Waals surface area (Å²) in [6.07, 6.45) is 4.29. The minimum atomic E-state index is -3.58. The molecule has 0 radical (unpaired) electrons. The highest BCUT2D eigenvalue weighted by Gasteiger charge is 2.37. The van der Waals surface area contributed by atoms with Gasteiger partial charge in [-0.1, -0.05) is 12.1 Å². The van der Waals surface area contributed by atoms with E-state index in [2.05, 4.69) is 9.98 Å². The van der Waals surface area contributed by atoms with Gasteiger partial charge in [0.15, 0.2) is 5.82 Å². The van der Waals surface area contributed by atoms with Gasteiger partial charge < -0.3 is 4.90 Å². The molecule has 144 valence electrons. The summed E-state index contributed by atoms with van der Waals surface area (Å²) in [6.45, 7) is 0.368. The summed E-state index contributed by atoms with van der Waals surface area (Å²) in [7, 11) is 2.11.